The second-order valence-electron chi connectivity index (χ2n) is 5.44. The van der Waals surface area contributed by atoms with Gasteiger partial charge in [-0.05, 0) is 30.7 Å². The number of urea groups is 1. The quantitative estimate of drug-likeness (QED) is 0.321. The molecule has 0 radical (unpaired) electrons. The molecule has 0 spiro atoms. The number of hydrazine groups is 1. The van der Waals surface area contributed by atoms with Gasteiger partial charge in [-0.25, -0.2) is 19.4 Å². The number of nitrogens with two attached hydrogens (primary N) is 1. The van der Waals surface area contributed by atoms with Crippen LogP contribution in [0.25, 0.3) is 0 Å². The third-order valence-electron chi connectivity index (χ3n) is 3.46. The molecular formula is C17H18ClF2N3OS. The maximum atomic E-state index is 13.2. The molecule has 0 saturated carbocycles. The summed E-state index contributed by atoms with van der Waals surface area (Å²) in [6.45, 7) is 1.84. The van der Waals surface area contributed by atoms with Gasteiger partial charge in [-0.15, -0.1) is 11.8 Å². The van der Waals surface area contributed by atoms with Crippen molar-refractivity contribution in [3.8, 4) is 0 Å². The van der Waals surface area contributed by atoms with E-state index in [1.807, 2.05) is 6.92 Å². The highest BCUT2D eigenvalue weighted by molar-refractivity contribution is 7.98. The van der Waals surface area contributed by atoms with E-state index in [4.69, 9.17) is 17.4 Å². The molecule has 4 nitrogen and oxygen atoms in total. The Kier molecular flexibility index (Phi) is 6.64. The van der Waals surface area contributed by atoms with Crippen LogP contribution in [0, 0.1) is 6.92 Å². The summed E-state index contributed by atoms with van der Waals surface area (Å²) in [7, 11) is 1.41. The number of hydrogen-bond acceptors (Lipinski definition) is 3. The molecule has 2 rings (SSSR count). The molecule has 0 saturated heterocycles. The van der Waals surface area contributed by atoms with Gasteiger partial charge in [-0.1, -0.05) is 29.8 Å². The fourth-order valence-electron chi connectivity index (χ4n) is 2.12. The van der Waals surface area contributed by atoms with Crippen LogP contribution in [0.5, 0.6) is 0 Å². The zero-order valence-corrected chi connectivity index (χ0v) is 15.3. The predicted octanol–water partition coefficient (Wildman–Crippen LogP) is 5.22. The summed E-state index contributed by atoms with van der Waals surface area (Å²) < 4.78 is 26.4. The summed E-state index contributed by atoms with van der Waals surface area (Å²) in [5, 5.41) is 4.00. The summed E-state index contributed by atoms with van der Waals surface area (Å²) in [5.74, 6) is 5.73. The van der Waals surface area contributed by atoms with Gasteiger partial charge in [0, 0.05) is 39.5 Å². The van der Waals surface area contributed by atoms with Gasteiger partial charge >= 0.3 is 6.03 Å². The van der Waals surface area contributed by atoms with Crippen molar-refractivity contribution in [2.75, 3.05) is 12.4 Å². The first-order valence-corrected chi connectivity index (χ1v) is 8.74. The first-order valence-electron chi connectivity index (χ1n) is 7.38. The number of aryl methyl sites for hydroxylation is 1. The minimum Gasteiger partial charge on any atom is -0.306 e. The van der Waals surface area contributed by atoms with Crippen molar-refractivity contribution in [3.05, 3.63) is 58.1 Å². The Labute approximate surface area is 154 Å². The minimum atomic E-state index is -2.56. The van der Waals surface area contributed by atoms with E-state index in [1.54, 1.807) is 30.3 Å². The largest absolute Gasteiger partial charge is 0.335 e. The van der Waals surface area contributed by atoms with E-state index in [1.165, 1.54) is 24.9 Å². The SMILES string of the molecule is Cc1ccc(C(F)F)c(SCc2c(Cl)cccc2NC(=O)N(C)N)c1. The molecule has 0 aliphatic rings. The van der Waals surface area contributed by atoms with Gasteiger partial charge in [-0.3, -0.25) is 5.01 Å². The molecule has 0 unspecified atom stereocenters. The lowest BCUT2D eigenvalue weighted by Gasteiger charge is -2.16. The zero-order valence-electron chi connectivity index (χ0n) is 13.7. The number of benzene rings is 2. The van der Waals surface area contributed by atoms with E-state index in [-0.39, 0.29) is 5.56 Å². The van der Waals surface area contributed by atoms with E-state index in [2.05, 4.69) is 5.32 Å². The number of alkyl halides is 2. The van der Waals surface area contributed by atoms with Gasteiger partial charge in [0.1, 0.15) is 0 Å². The van der Waals surface area contributed by atoms with Crippen LogP contribution < -0.4 is 11.2 Å². The van der Waals surface area contributed by atoms with Gasteiger partial charge in [0.15, 0.2) is 0 Å². The molecule has 0 aliphatic heterocycles. The number of anilines is 1. The van der Waals surface area contributed by atoms with E-state index < -0.39 is 12.5 Å². The zero-order chi connectivity index (χ0) is 18.6. The standard InChI is InChI=1S/C17H18ClF2N3OS/c1-10-6-7-11(16(19)20)15(8-10)25-9-12-13(18)4-3-5-14(12)22-17(24)23(2)21/h3-8,16H,9,21H2,1-2H3,(H,22,24). The molecule has 0 heterocycles. The monoisotopic (exact) mass is 385 g/mol. The van der Waals surface area contributed by atoms with Gasteiger partial charge in [-0.2, -0.15) is 0 Å². The van der Waals surface area contributed by atoms with Crippen LogP contribution in [-0.2, 0) is 5.75 Å². The van der Waals surface area contributed by atoms with Crippen molar-refractivity contribution in [2.45, 2.75) is 24.0 Å². The van der Waals surface area contributed by atoms with E-state index in [0.717, 1.165) is 10.6 Å². The first-order chi connectivity index (χ1) is 11.8. The molecule has 134 valence electrons. The molecule has 3 N–H and O–H groups in total. The molecule has 0 atom stereocenters. The summed E-state index contributed by atoms with van der Waals surface area (Å²) in [4.78, 5) is 12.3. The lowest BCUT2D eigenvalue weighted by molar-refractivity contribution is 0.148. The normalized spacial score (nSPS) is 10.8. The van der Waals surface area contributed by atoms with Crippen LogP contribution in [0.15, 0.2) is 41.3 Å². The molecular weight excluding hydrogens is 368 g/mol. The highest BCUT2D eigenvalue weighted by Crippen LogP contribution is 2.36. The summed E-state index contributed by atoms with van der Waals surface area (Å²) in [6, 6.07) is 9.37. The highest BCUT2D eigenvalue weighted by Gasteiger charge is 2.16. The Balaban J connectivity index is 2.27. The van der Waals surface area contributed by atoms with Crippen LogP contribution in [0.3, 0.4) is 0 Å². The van der Waals surface area contributed by atoms with Crippen LogP contribution in [-0.4, -0.2) is 18.1 Å². The number of carbonyl (C=O) groups excluding carboxylic acids is 1. The van der Waals surface area contributed by atoms with Crippen molar-refractivity contribution < 1.29 is 13.6 Å². The molecule has 0 aromatic heterocycles. The van der Waals surface area contributed by atoms with Gasteiger partial charge in [0.2, 0.25) is 0 Å². The summed E-state index contributed by atoms with van der Waals surface area (Å²) in [6.07, 6.45) is -2.56. The predicted molar refractivity (Wildman–Crippen MR) is 98.1 cm³/mol. The molecule has 0 fully saturated rings. The van der Waals surface area contributed by atoms with Crippen molar-refractivity contribution in [1.29, 1.82) is 0 Å². The van der Waals surface area contributed by atoms with Crippen molar-refractivity contribution in [1.82, 2.24) is 5.01 Å². The summed E-state index contributed by atoms with van der Waals surface area (Å²) >= 11 is 7.48. The number of nitrogens with zero attached hydrogens (tertiary/aromatic N) is 1. The number of halogens is 3. The number of carbonyl (C=O) groups is 1. The van der Waals surface area contributed by atoms with Gasteiger partial charge < -0.3 is 5.32 Å². The van der Waals surface area contributed by atoms with Crippen molar-refractivity contribution in [3.63, 3.8) is 0 Å². The Hall–Kier alpha value is -1.83. The topological polar surface area (TPSA) is 58.4 Å². The summed E-state index contributed by atoms with van der Waals surface area (Å²) in [5.41, 5.74) is 2.01. The lowest BCUT2D eigenvalue weighted by Crippen LogP contribution is -2.37. The number of rotatable bonds is 5. The van der Waals surface area contributed by atoms with Gasteiger partial charge in [0.05, 0.1) is 0 Å². The maximum absolute atomic E-state index is 13.2. The number of amides is 2. The van der Waals surface area contributed by atoms with Crippen LogP contribution in [0.4, 0.5) is 19.3 Å². The van der Waals surface area contributed by atoms with Crippen molar-refractivity contribution in [2.24, 2.45) is 5.84 Å². The smallest absolute Gasteiger partial charge is 0.306 e. The Morgan fingerprint density at radius 1 is 1.36 bits per heavy atom. The number of nitrogens with one attached hydrogen (secondary N) is 1. The van der Waals surface area contributed by atoms with E-state index in [9.17, 15) is 13.6 Å². The Morgan fingerprint density at radius 2 is 2.08 bits per heavy atom. The van der Waals surface area contributed by atoms with Crippen LogP contribution in [0.1, 0.15) is 23.1 Å². The lowest BCUT2D eigenvalue weighted by atomic mass is 10.1. The number of hydrogen-bond donors (Lipinski definition) is 2. The molecule has 2 aromatic rings. The second-order valence-corrected chi connectivity index (χ2v) is 6.86. The first kappa shape index (κ1) is 19.5. The highest BCUT2D eigenvalue weighted by atomic mass is 35.5. The molecule has 8 heteroatoms. The van der Waals surface area contributed by atoms with Gasteiger partial charge in [0.25, 0.3) is 6.43 Å². The van der Waals surface area contributed by atoms with Crippen molar-refractivity contribution >= 4 is 35.1 Å². The third-order valence-corrected chi connectivity index (χ3v) is 4.91. The van der Waals surface area contributed by atoms with Crippen LogP contribution >= 0.6 is 23.4 Å². The number of thioether (sulfide) groups is 1. The van der Waals surface area contributed by atoms with E-state index >= 15 is 0 Å². The van der Waals surface area contributed by atoms with E-state index in [0.29, 0.717) is 26.9 Å². The maximum Gasteiger partial charge on any atom is 0.335 e. The van der Waals surface area contributed by atoms with Crippen LogP contribution in [0.2, 0.25) is 5.02 Å². The Bertz CT molecular complexity index is 772. The second kappa shape index (κ2) is 8.51. The molecule has 2 aromatic carbocycles. The molecule has 0 bridgehead atoms. The fourth-order valence-corrected chi connectivity index (χ4v) is 3.65. The average Bonchev–Trinajstić information content (AvgIpc) is 2.53. The minimum absolute atomic E-state index is 0.0186. The fraction of sp³-hybridized carbons (Fsp3) is 0.235. The third kappa shape index (κ3) is 5.07. The molecule has 2 amide bonds. The molecule has 0 aliphatic carbocycles. The molecule has 25 heavy (non-hydrogen) atoms. The average molecular weight is 386 g/mol. The Morgan fingerprint density at radius 3 is 2.72 bits per heavy atom.